The maximum atomic E-state index is 11.8. The minimum absolute atomic E-state index is 0.116. The second kappa shape index (κ2) is 5.31. The molecule has 6 heteroatoms. The van der Waals surface area contributed by atoms with Gasteiger partial charge in [0.25, 0.3) is 5.91 Å². The third-order valence-electron chi connectivity index (χ3n) is 2.43. The van der Waals surface area contributed by atoms with Crippen LogP contribution in [0.15, 0.2) is 35.5 Å². The smallest absolute Gasteiger partial charge is 0.350 e. The van der Waals surface area contributed by atoms with E-state index in [4.69, 9.17) is 4.84 Å². The molecule has 0 bridgehead atoms. The zero-order chi connectivity index (χ0) is 13.0. The van der Waals surface area contributed by atoms with Crippen molar-refractivity contribution in [3.63, 3.8) is 0 Å². The third kappa shape index (κ3) is 2.65. The average Bonchev–Trinajstić information content (AvgIpc) is 2.88. The minimum Gasteiger partial charge on any atom is -0.466 e. The van der Waals surface area contributed by atoms with Gasteiger partial charge in [-0.3, -0.25) is 4.79 Å². The highest BCUT2D eigenvalue weighted by Gasteiger charge is 2.32. The minimum atomic E-state index is -0.827. The Morgan fingerprint density at radius 2 is 2.11 bits per heavy atom. The van der Waals surface area contributed by atoms with Crippen LogP contribution >= 0.6 is 0 Å². The van der Waals surface area contributed by atoms with E-state index in [1.807, 2.05) is 6.07 Å². The highest BCUT2D eigenvalue weighted by atomic mass is 16.7. The monoisotopic (exact) mass is 248 g/mol. The summed E-state index contributed by atoms with van der Waals surface area (Å²) in [5, 5.41) is 6.25. The summed E-state index contributed by atoms with van der Waals surface area (Å²) in [6.45, 7) is 0. The Hall–Kier alpha value is -2.37. The number of carbonyl (C=O) groups is 2. The van der Waals surface area contributed by atoms with E-state index in [1.165, 1.54) is 7.11 Å². The van der Waals surface area contributed by atoms with Gasteiger partial charge in [-0.1, -0.05) is 23.4 Å². The number of benzene rings is 1. The fraction of sp³-hybridized carbons (Fsp3) is 0.250. The van der Waals surface area contributed by atoms with Crippen molar-refractivity contribution in [1.82, 2.24) is 0 Å². The Kier molecular flexibility index (Phi) is 3.57. The molecule has 1 amide bonds. The fourth-order valence-electron chi connectivity index (χ4n) is 1.49. The lowest BCUT2D eigenvalue weighted by Crippen LogP contribution is -2.26. The largest absolute Gasteiger partial charge is 0.466 e. The van der Waals surface area contributed by atoms with Crippen LogP contribution in [0.4, 0.5) is 5.69 Å². The number of ether oxygens (including phenoxy) is 1. The maximum absolute atomic E-state index is 11.8. The Balaban J connectivity index is 1.94. The topological polar surface area (TPSA) is 77.0 Å². The second-order valence-electron chi connectivity index (χ2n) is 3.68. The molecule has 1 aromatic rings. The normalized spacial score (nSPS) is 17.6. The summed E-state index contributed by atoms with van der Waals surface area (Å²) in [6.07, 6.45) is -0.711. The van der Waals surface area contributed by atoms with Crippen LogP contribution < -0.4 is 5.32 Å². The molecule has 0 unspecified atom stereocenters. The zero-order valence-electron chi connectivity index (χ0n) is 9.75. The molecule has 18 heavy (non-hydrogen) atoms. The van der Waals surface area contributed by atoms with Gasteiger partial charge in [0.05, 0.1) is 7.11 Å². The number of hydrogen-bond donors (Lipinski definition) is 1. The average molecular weight is 248 g/mol. The molecular formula is C12H12N2O4. The number of carbonyl (C=O) groups excluding carboxylic acids is 2. The molecular weight excluding hydrogens is 236 g/mol. The fourth-order valence-corrected chi connectivity index (χ4v) is 1.49. The summed E-state index contributed by atoms with van der Waals surface area (Å²) in [5.41, 5.74) is 0.834. The van der Waals surface area contributed by atoms with Crippen LogP contribution in [0.2, 0.25) is 0 Å². The Morgan fingerprint density at radius 1 is 1.39 bits per heavy atom. The molecule has 0 saturated heterocycles. The Bertz CT molecular complexity index is 484. The van der Waals surface area contributed by atoms with Gasteiger partial charge in [0.1, 0.15) is 5.71 Å². The van der Waals surface area contributed by atoms with Crippen molar-refractivity contribution in [1.29, 1.82) is 0 Å². The molecule has 94 valence electrons. The third-order valence-corrected chi connectivity index (χ3v) is 2.43. The van der Waals surface area contributed by atoms with Crippen molar-refractivity contribution in [2.75, 3.05) is 12.4 Å². The summed E-state index contributed by atoms with van der Waals surface area (Å²) in [4.78, 5) is 27.8. The number of para-hydroxylation sites is 1. The second-order valence-corrected chi connectivity index (χ2v) is 3.68. The van der Waals surface area contributed by atoms with Gasteiger partial charge in [-0.05, 0) is 12.1 Å². The number of oxime groups is 1. The number of nitrogens with one attached hydrogen (secondary N) is 1. The molecule has 1 atom stereocenters. The van der Waals surface area contributed by atoms with Crippen LogP contribution in [-0.2, 0) is 19.2 Å². The summed E-state index contributed by atoms with van der Waals surface area (Å²) in [5.74, 6) is -0.922. The van der Waals surface area contributed by atoms with Gasteiger partial charge in [0.15, 0.2) is 0 Å². The molecule has 6 nitrogen and oxygen atoms in total. The number of nitrogens with zero attached hydrogens (tertiary/aromatic N) is 1. The van der Waals surface area contributed by atoms with Crippen molar-refractivity contribution in [3.05, 3.63) is 30.3 Å². The number of hydrogen-bond acceptors (Lipinski definition) is 5. The summed E-state index contributed by atoms with van der Waals surface area (Å²) < 4.78 is 4.51. The van der Waals surface area contributed by atoms with Crippen molar-refractivity contribution in [2.45, 2.75) is 12.5 Å². The van der Waals surface area contributed by atoms with E-state index in [1.54, 1.807) is 24.3 Å². The van der Waals surface area contributed by atoms with Gasteiger partial charge in [0.2, 0.25) is 6.10 Å². The molecule has 2 rings (SSSR count). The van der Waals surface area contributed by atoms with Crippen LogP contribution in [0.25, 0.3) is 0 Å². The van der Waals surface area contributed by atoms with E-state index in [9.17, 15) is 9.59 Å². The molecule has 1 heterocycles. The van der Waals surface area contributed by atoms with Gasteiger partial charge in [-0.25, -0.2) is 4.79 Å². The molecule has 0 radical (unpaired) electrons. The first-order valence-electron chi connectivity index (χ1n) is 5.37. The van der Waals surface area contributed by atoms with Crippen LogP contribution in [0, 0.1) is 0 Å². The SMILES string of the molecule is COC(=O)[C@H]1CC(C(=O)Nc2ccccc2)=NO1. The van der Waals surface area contributed by atoms with E-state index in [2.05, 4.69) is 15.2 Å². The van der Waals surface area contributed by atoms with Gasteiger partial charge in [-0.15, -0.1) is 0 Å². The molecule has 0 fully saturated rings. The van der Waals surface area contributed by atoms with E-state index in [0.717, 1.165) is 0 Å². The summed E-state index contributed by atoms with van der Waals surface area (Å²) in [6, 6.07) is 8.97. The lowest BCUT2D eigenvalue weighted by molar-refractivity contribution is -0.152. The first-order valence-corrected chi connectivity index (χ1v) is 5.37. The molecule has 1 N–H and O–H groups in total. The first-order chi connectivity index (χ1) is 8.70. The predicted molar refractivity (Wildman–Crippen MR) is 64.0 cm³/mol. The van der Waals surface area contributed by atoms with Crippen molar-refractivity contribution in [3.8, 4) is 0 Å². The molecule has 1 aliphatic rings. The van der Waals surface area contributed by atoms with Gasteiger partial charge in [0, 0.05) is 12.1 Å². The zero-order valence-corrected chi connectivity index (χ0v) is 9.75. The summed E-state index contributed by atoms with van der Waals surface area (Å²) >= 11 is 0. The Morgan fingerprint density at radius 3 is 2.78 bits per heavy atom. The molecule has 0 saturated carbocycles. The quantitative estimate of drug-likeness (QED) is 0.808. The van der Waals surface area contributed by atoms with Crippen LogP contribution in [0.3, 0.4) is 0 Å². The number of anilines is 1. The van der Waals surface area contributed by atoms with E-state index < -0.39 is 12.1 Å². The van der Waals surface area contributed by atoms with E-state index in [-0.39, 0.29) is 18.0 Å². The highest BCUT2D eigenvalue weighted by molar-refractivity contribution is 6.43. The molecule has 0 spiro atoms. The van der Waals surface area contributed by atoms with Crippen molar-refractivity contribution in [2.24, 2.45) is 5.16 Å². The lowest BCUT2D eigenvalue weighted by Gasteiger charge is -2.04. The molecule has 0 aromatic heterocycles. The summed E-state index contributed by atoms with van der Waals surface area (Å²) in [7, 11) is 1.26. The van der Waals surface area contributed by atoms with Gasteiger partial charge in [-0.2, -0.15) is 0 Å². The van der Waals surface area contributed by atoms with Crippen LogP contribution in [0.5, 0.6) is 0 Å². The van der Waals surface area contributed by atoms with E-state index in [0.29, 0.717) is 5.69 Å². The Labute approximate surface area is 104 Å². The van der Waals surface area contributed by atoms with Crippen molar-refractivity contribution < 1.29 is 19.2 Å². The maximum Gasteiger partial charge on any atom is 0.350 e. The van der Waals surface area contributed by atoms with Crippen LogP contribution in [-0.4, -0.2) is 30.8 Å². The van der Waals surface area contributed by atoms with Gasteiger partial charge < -0.3 is 14.9 Å². The van der Waals surface area contributed by atoms with Crippen LogP contribution in [0.1, 0.15) is 6.42 Å². The predicted octanol–water partition coefficient (Wildman–Crippen LogP) is 0.943. The molecule has 0 aliphatic carbocycles. The number of amides is 1. The molecule has 1 aromatic carbocycles. The standard InChI is InChI=1S/C12H12N2O4/c1-17-12(16)10-7-9(14-18-10)11(15)13-8-5-3-2-4-6-8/h2-6,10H,7H2,1H3,(H,13,15)/t10-/m1/s1. The highest BCUT2D eigenvalue weighted by Crippen LogP contribution is 2.14. The van der Waals surface area contributed by atoms with Gasteiger partial charge >= 0.3 is 5.97 Å². The number of esters is 1. The molecule has 1 aliphatic heterocycles. The number of methoxy groups -OCH3 is 1. The van der Waals surface area contributed by atoms with E-state index >= 15 is 0 Å². The van der Waals surface area contributed by atoms with Crippen molar-refractivity contribution >= 4 is 23.3 Å². The number of rotatable bonds is 3. The lowest BCUT2D eigenvalue weighted by atomic mass is 10.1. The first kappa shape index (κ1) is 12.1.